The number of carbonyl (C=O) groups is 3. The van der Waals surface area contributed by atoms with E-state index in [1.807, 2.05) is 27.7 Å². The lowest BCUT2D eigenvalue weighted by Gasteiger charge is -2.10. The molecule has 7 heteroatoms. The number of imide groups is 1. The molecule has 0 aromatic heterocycles. The van der Waals surface area contributed by atoms with Crippen LogP contribution in [0.1, 0.15) is 44.5 Å². The van der Waals surface area contributed by atoms with Crippen LogP contribution < -0.4 is 15.4 Å². The van der Waals surface area contributed by atoms with Crippen LogP contribution in [0, 0.1) is 11.8 Å². The van der Waals surface area contributed by atoms with E-state index in [-0.39, 0.29) is 5.56 Å². The van der Waals surface area contributed by atoms with Gasteiger partial charge in [-0.1, -0.05) is 33.8 Å². The third-order valence-corrected chi connectivity index (χ3v) is 3.25. The van der Waals surface area contributed by atoms with Crippen LogP contribution in [0.25, 0.3) is 0 Å². The van der Waals surface area contributed by atoms with Gasteiger partial charge < -0.3 is 14.8 Å². The molecule has 0 atom stereocenters. The number of urea groups is 1. The highest BCUT2D eigenvalue weighted by atomic mass is 16.5. The molecule has 144 valence electrons. The first-order valence-electron chi connectivity index (χ1n) is 8.75. The summed E-state index contributed by atoms with van der Waals surface area (Å²) < 4.78 is 10.5. The van der Waals surface area contributed by atoms with Gasteiger partial charge in [0.15, 0.2) is 6.61 Å². The summed E-state index contributed by atoms with van der Waals surface area (Å²) >= 11 is 0. The second-order valence-corrected chi connectivity index (χ2v) is 6.80. The predicted octanol–water partition coefficient (Wildman–Crippen LogP) is 2.75. The number of amides is 3. The Morgan fingerprint density at radius 1 is 1.08 bits per heavy atom. The highest BCUT2D eigenvalue weighted by Gasteiger charge is 2.13. The van der Waals surface area contributed by atoms with Crippen LogP contribution >= 0.6 is 0 Å². The van der Waals surface area contributed by atoms with Gasteiger partial charge in [0.05, 0.1) is 12.2 Å². The van der Waals surface area contributed by atoms with Gasteiger partial charge >= 0.3 is 12.0 Å². The van der Waals surface area contributed by atoms with Crippen LogP contribution in [0.2, 0.25) is 0 Å². The molecule has 0 heterocycles. The molecule has 0 bridgehead atoms. The Balaban J connectivity index is 2.40. The summed E-state index contributed by atoms with van der Waals surface area (Å²) in [6.07, 6.45) is 0.811. The zero-order chi connectivity index (χ0) is 19.5. The fourth-order valence-corrected chi connectivity index (χ4v) is 1.87. The van der Waals surface area contributed by atoms with Crippen LogP contribution in [0.5, 0.6) is 5.75 Å². The molecule has 2 N–H and O–H groups in total. The maximum atomic E-state index is 12.0. The van der Waals surface area contributed by atoms with E-state index in [0.717, 1.165) is 6.42 Å². The topological polar surface area (TPSA) is 93.7 Å². The number of hydrogen-bond donors (Lipinski definition) is 2. The molecule has 0 aliphatic heterocycles. The van der Waals surface area contributed by atoms with E-state index in [1.54, 1.807) is 24.3 Å². The molecule has 0 unspecified atom stereocenters. The van der Waals surface area contributed by atoms with Gasteiger partial charge in [0.2, 0.25) is 0 Å². The van der Waals surface area contributed by atoms with Gasteiger partial charge in [-0.15, -0.1) is 0 Å². The molecular formula is C19H28N2O5. The smallest absolute Gasteiger partial charge is 0.338 e. The highest BCUT2D eigenvalue weighted by molar-refractivity contribution is 5.97. The predicted molar refractivity (Wildman–Crippen MR) is 98.1 cm³/mol. The molecular weight excluding hydrogens is 336 g/mol. The Morgan fingerprint density at radius 2 is 1.81 bits per heavy atom. The molecule has 1 rings (SSSR count). The Hall–Kier alpha value is -2.57. The van der Waals surface area contributed by atoms with Crippen molar-refractivity contribution in [1.29, 1.82) is 0 Å². The zero-order valence-corrected chi connectivity index (χ0v) is 15.8. The van der Waals surface area contributed by atoms with Crippen molar-refractivity contribution in [3.63, 3.8) is 0 Å². The third kappa shape index (κ3) is 9.05. The lowest BCUT2D eigenvalue weighted by molar-refractivity contribution is -0.123. The molecule has 0 aliphatic carbocycles. The van der Waals surface area contributed by atoms with E-state index in [1.165, 1.54) is 0 Å². The Labute approximate surface area is 154 Å². The summed E-state index contributed by atoms with van der Waals surface area (Å²) in [5, 5.41) is 4.68. The normalized spacial score (nSPS) is 10.5. The first kappa shape index (κ1) is 21.5. The van der Waals surface area contributed by atoms with E-state index in [0.29, 0.717) is 30.7 Å². The molecule has 0 aliphatic rings. The number of nitrogens with one attached hydrogen (secondary N) is 2. The summed E-state index contributed by atoms with van der Waals surface area (Å²) in [5.41, 5.74) is 0.278. The maximum absolute atomic E-state index is 12.0. The number of ether oxygens (including phenoxy) is 2. The molecule has 26 heavy (non-hydrogen) atoms. The van der Waals surface area contributed by atoms with Crippen molar-refractivity contribution in [2.24, 2.45) is 11.8 Å². The summed E-state index contributed by atoms with van der Waals surface area (Å²) in [4.78, 5) is 35.2. The zero-order valence-electron chi connectivity index (χ0n) is 15.8. The summed E-state index contributed by atoms with van der Waals surface area (Å²) in [6.45, 7) is 8.59. The first-order chi connectivity index (χ1) is 12.3. The van der Waals surface area contributed by atoms with Crippen molar-refractivity contribution in [3.8, 4) is 5.75 Å². The van der Waals surface area contributed by atoms with Gasteiger partial charge in [-0.25, -0.2) is 9.59 Å². The summed E-state index contributed by atoms with van der Waals surface area (Å²) in [5.74, 6) is 0.0262. The van der Waals surface area contributed by atoms with Gasteiger partial charge in [-0.05, 0) is 36.5 Å². The molecule has 0 fully saturated rings. The van der Waals surface area contributed by atoms with Gasteiger partial charge in [-0.3, -0.25) is 10.1 Å². The number of rotatable bonds is 9. The van der Waals surface area contributed by atoms with E-state index in [2.05, 4.69) is 10.6 Å². The molecule has 3 amide bonds. The number of esters is 1. The minimum atomic E-state index is -0.687. The minimum absolute atomic E-state index is 0.278. The van der Waals surface area contributed by atoms with Crippen molar-refractivity contribution < 1.29 is 23.9 Å². The number of benzene rings is 1. The fraction of sp³-hybridized carbons (Fsp3) is 0.526. The molecule has 0 saturated carbocycles. The van der Waals surface area contributed by atoms with Crippen LogP contribution in [0.15, 0.2) is 24.3 Å². The Morgan fingerprint density at radius 3 is 2.46 bits per heavy atom. The van der Waals surface area contributed by atoms with E-state index < -0.39 is 24.5 Å². The van der Waals surface area contributed by atoms with Crippen LogP contribution in [0.4, 0.5) is 4.79 Å². The van der Waals surface area contributed by atoms with Crippen molar-refractivity contribution >= 4 is 17.9 Å². The molecule has 0 radical (unpaired) electrons. The minimum Gasteiger partial charge on any atom is -0.493 e. The maximum Gasteiger partial charge on any atom is 0.338 e. The van der Waals surface area contributed by atoms with Gasteiger partial charge in [-0.2, -0.15) is 0 Å². The van der Waals surface area contributed by atoms with Crippen LogP contribution in [-0.2, 0) is 9.53 Å². The quantitative estimate of drug-likeness (QED) is 0.657. The second kappa shape index (κ2) is 11.1. The standard InChI is InChI=1S/C19H28N2O5/c1-13(2)8-9-20-19(24)21-17(22)12-26-18(23)15-6-5-7-16(10-15)25-11-14(3)4/h5-7,10,13-14H,8-9,11-12H2,1-4H3,(H2,20,21,22,24). The number of hydrogen-bond acceptors (Lipinski definition) is 5. The first-order valence-corrected chi connectivity index (χ1v) is 8.75. The molecule has 1 aromatic carbocycles. The fourth-order valence-electron chi connectivity index (χ4n) is 1.87. The van der Waals surface area contributed by atoms with Crippen molar-refractivity contribution in [2.45, 2.75) is 34.1 Å². The average Bonchev–Trinajstić information content (AvgIpc) is 2.57. The third-order valence-electron chi connectivity index (χ3n) is 3.25. The molecule has 1 aromatic rings. The molecule has 7 nitrogen and oxygen atoms in total. The van der Waals surface area contributed by atoms with Crippen molar-refractivity contribution in [2.75, 3.05) is 19.8 Å². The van der Waals surface area contributed by atoms with E-state index in [4.69, 9.17) is 9.47 Å². The van der Waals surface area contributed by atoms with Gasteiger partial charge in [0, 0.05) is 6.54 Å². The van der Waals surface area contributed by atoms with Crippen LogP contribution in [0.3, 0.4) is 0 Å². The van der Waals surface area contributed by atoms with Crippen molar-refractivity contribution in [3.05, 3.63) is 29.8 Å². The summed E-state index contributed by atoms with van der Waals surface area (Å²) in [7, 11) is 0. The lowest BCUT2D eigenvalue weighted by atomic mass is 10.1. The van der Waals surface area contributed by atoms with Crippen molar-refractivity contribution in [1.82, 2.24) is 10.6 Å². The lowest BCUT2D eigenvalue weighted by Crippen LogP contribution is -2.41. The van der Waals surface area contributed by atoms with Gasteiger partial charge in [0.1, 0.15) is 5.75 Å². The molecule has 0 saturated heterocycles. The SMILES string of the molecule is CC(C)CCNC(=O)NC(=O)COC(=O)c1cccc(OCC(C)C)c1. The highest BCUT2D eigenvalue weighted by Crippen LogP contribution is 2.15. The Bertz CT molecular complexity index is 614. The van der Waals surface area contributed by atoms with E-state index in [9.17, 15) is 14.4 Å². The monoisotopic (exact) mass is 364 g/mol. The molecule has 0 spiro atoms. The Kier molecular flexibility index (Phi) is 9.19. The average molecular weight is 364 g/mol. The largest absolute Gasteiger partial charge is 0.493 e. The summed E-state index contributed by atoms with van der Waals surface area (Å²) in [6, 6.07) is 5.94. The van der Waals surface area contributed by atoms with Crippen LogP contribution in [-0.4, -0.2) is 37.7 Å². The second-order valence-electron chi connectivity index (χ2n) is 6.80. The van der Waals surface area contributed by atoms with E-state index >= 15 is 0 Å². The van der Waals surface area contributed by atoms with Gasteiger partial charge in [0.25, 0.3) is 5.91 Å². The number of carbonyl (C=O) groups excluding carboxylic acids is 3.